The molecule has 6 heteroatoms. The molecule has 1 aromatic rings. The molecule has 0 bridgehead atoms. The fraction of sp³-hybridized carbons (Fsp3) is 0.357. The number of hydrogen-bond donors (Lipinski definition) is 2. The van der Waals surface area contributed by atoms with E-state index in [1.807, 2.05) is 39.0 Å². The lowest BCUT2D eigenvalue weighted by atomic mass is 10.1. The van der Waals surface area contributed by atoms with Crippen LogP contribution >= 0.6 is 12.2 Å². The number of thiocarbonyl (C=S) groups is 1. The van der Waals surface area contributed by atoms with Gasteiger partial charge in [-0.25, -0.2) is 0 Å². The van der Waals surface area contributed by atoms with Crippen molar-refractivity contribution in [1.29, 1.82) is 5.26 Å². The van der Waals surface area contributed by atoms with Crippen molar-refractivity contribution in [3.63, 3.8) is 0 Å². The molecule has 0 radical (unpaired) electrons. The summed E-state index contributed by atoms with van der Waals surface area (Å²) in [4.78, 5) is 0. The third-order valence-corrected chi connectivity index (χ3v) is 2.53. The molecule has 0 atom stereocenters. The molecule has 0 fully saturated rings. The highest BCUT2D eigenvalue weighted by Gasteiger charge is 2.00. The molecule has 0 aliphatic rings. The first kappa shape index (κ1) is 15.9. The van der Waals surface area contributed by atoms with Crippen LogP contribution in [0, 0.1) is 11.3 Å². The van der Waals surface area contributed by atoms with Gasteiger partial charge in [-0.2, -0.15) is 10.4 Å². The first-order valence-corrected chi connectivity index (χ1v) is 6.64. The predicted octanol–water partition coefficient (Wildman–Crippen LogP) is 2.19. The number of nitriles is 1. The Morgan fingerprint density at radius 3 is 2.60 bits per heavy atom. The summed E-state index contributed by atoms with van der Waals surface area (Å²) < 4.78 is 5.18. The number of hydrogen-bond acceptors (Lipinski definition) is 4. The average molecular weight is 290 g/mol. The van der Waals surface area contributed by atoms with Crippen LogP contribution in [-0.2, 0) is 0 Å². The number of nitrogens with one attached hydrogen (secondary N) is 2. The summed E-state index contributed by atoms with van der Waals surface area (Å²) in [5.74, 6) is 0.660. The molecular weight excluding hydrogens is 272 g/mol. The summed E-state index contributed by atoms with van der Waals surface area (Å²) in [6.45, 7) is 5.94. The van der Waals surface area contributed by atoms with Crippen molar-refractivity contribution >= 4 is 23.0 Å². The van der Waals surface area contributed by atoms with Crippen LogP contribution in [0.5, 0.6) is 5.75 Å². The van der Waals surface area contributed by atoms with E-state index in [9.17, 15) is 0 Å². The van der Waals surface area contributed by atoms with Gasteiger partial charge in [0.1, 0.15) is 11.8 Å². The van der Waals surface area contributed by atoms with Crippen molar-refractivity contribution in [3.05, 3.63) is 29.8 Å². The summed E-state index contributed by atoms with van der Waals surface area (Å²) in [6, 6.07) is 9.56. The Kier molecular flexibility index (Phi) is 6.47. The van der Waals surface area contributed by atoms with Gasteiger partial charge in [0.15, 0.2) is 11.7 Å². The van der Waals surface area contributed by atoms with Crippen LogP contribution in [0.15, 0.2) is 29.4 Å². The van der Waals surface area contributed by atoms with Crippen LogP contribution in [0.4, 0.5) is 0 Å². The summed E-state index contributed by atoms with van der Waals surface area (Å²) in [5, 5.41) is 16.2. The second-order valence-electron chi connectivity index (χ2n) is 4.41. The van der Waals surface area contributed by atoms with Crippen LogP contribution in [0.1, 0.15) is 26.3 Å². The van der Waals surface area contributed by atoms with Gasteiger partial charge in [0, 0.05) is 6.04 Å². The van der Waals surface area contributed by atoms with Crippen molar-refractivity contribution in [3.8, 4) is 11.8 Å². The summed E-state index contributed by atoms with van der Waals surface area (Å²) in [6.07, 6.45) is 0. The van der Waals surface area contributed by atoms with Crippen molar-refractivity contribution in [1.82, 2.24) is 10.7 Å². The number of rotatable bonds is 5. The van der Waals surface area contributed by atoms with Crippen LogP contribution in [0.2, 0.25) is 0 Å². The van der Waals surface area contributed by atoms with E-state index in [0.717, 1.165) is 11.3 Å². The standard InChI is InChI=1S/C14H18N4OS/c1-10(2)16-14(20)18-17-11(3)12-4-6-13(7-5-12)19-9-8-15/h4-7,10H,9H2,1-3H3,(H2,16,18,20)/b17-11-. The van der Waals surface area contributed by atoms with E-state index in [1.54, 1.807) is 12.1 Å². The van der Waals surface area contributed by atoms with E-state index in [2.05, 4.69) is 15.8 Å². The van der Waals surface area contributed by atoms with Crippen LogP contribution < -0.4 is 15.5 Å². The van der Waals surface area contributed by atoms with Gasteiger partial charge < -0.3 is 10.1 Å². The zero-order valence-electron chi connectivity index (χ0n) is 11.8. The van der Waals surface area contributed by atoms with Crippen molar-refractivity contribution in [2.75, 3.05) is 6.61 Å². The van der Waals surface area contributed by atoms with E-state index in [-0.39, 0.29) is 12.6 Å². The van der Waals surface area contributed by atoms with E-state index in [1.165, 1.54) is 0 Å². The summed E-state index contributed by atoms with van der Waals surface area (Å²) in [7, 11) is 0. The fourth-order valence-electron chi connectivity index (χ4n) is 1.40. The highest BCUT2D eigenvalue weighted by molar-refractivity contribution is 7.80. The SMILES string of the molecule is C/C(=N/NC(=S)NC(C)C)c1ccc(OCC#N)cc1. The normalized spacial score (nSPS) is 10.8. The van der Waals surface area contributed by atoms with Gasteiger partial charge in [-0.1, -0.05) is 0 Å². The molecule has 0 aliphatic heterocycles. The predicted molar refractivity (Wildman–Crippen MR) is 83.8 cm³/mol. The molecule has 0 aliphatic carbocycles. The largest absolute Gasteiger partial charge is 0.479 e. The molecule has 0 saturated carbocycles. The van der Waals surface area contributed by atoms with Gasteiger partial charge >= 0.3 is 0 Å². The molecule has 0 aromatic heterocycles. The zero-order valence-corrected chi connectivity index (χ0v) is 12.6. The van der Waals surface area contributed by atoms with Crippen LogP contribution in [0.3, 0.4) is 0 Å². The molecule has 20 heavy (non-hydrogen) atoms. The molecule has 5 nitrogen and oxygen atoms in total. The molecule has 106 valence electrons. The van der Waals surface area contributed by atoms with Crippen molar-refractivity contribution in [2.45, 2.75) is 26.8 Å². The van der Waals surface area contributed by atoms with E-state index in [0.29, 0.717) is 10.9 Å². The Labute approximate surface area is 124 Å². The monoisotopic (exact) mass is 290 g/mol. The second kappa shape index (κ2) is 8.12. The minimum Gasteiger partial charge on any atom is -0.479 e. The highest BCUT2D eigenvalue weighted by atomic mass is 32.1. The molecule has 0 heterocycles. The molecule has 0 saturated heterocycles. The van der Waals surface area contributed by atoms with E-state index < -0.39 is 0 Å². The second-order valence-corrected chi connectivity index (χ2v) is 4.82. The van der Waals surface area contributed by atoms with Gasteiger partial charge in [-0.3, -0.25) is 5.43 Å². The lowest BCUT2D eigenvalue weighted by Gasteiger charge is -2.10. The van der Waals surface area contributed by atoms with E-state index >= 15 is 0 Å². The van der Waals surface area contributed by atoms with Gasteiger partial charge in [-0.05, 0) is 62.8 Å². The van der Waals surface area contributed by atoms with Gasteiger partial charge in [0.25, 0.3) is 0 Å². The van der Waals surface area contributed by atoms with Gasteiger partial charge in [0.2, 0.25) is 0 Å². The lowest BCUT2D eigenvalue weighted by molar-refractivity contribution is 0.368. The van der Waals surface area contributed by atoms with Gasteiger partial charge in [0.05, 0.1) is 5.71 Å². The van der Waals surface area contributed by atoms with Crippen molar-refractivity contribution < 1.29 is 4.74 Å². The number of benzene rings is 1. The highest BCUT2D eigenvalue weighted by Crippen LogP contribution is 2.12. The molecule has 0 spiro atoms. The number of nitrogens with zero attached hydrogens (tertiary/aromatic N) is 2. The minimum atomic E-state index is 0.0448. The smallest absolute Gasteiger partial charge is 0.187 e. The third kappa shape index (κ3) is 5.67. The summed E-state index contributed by atoms with van der Waals surface area (Å²) in [5.41, 5.74) is 4.56. The Bertz CT molecular complexity index is 517. The topological polar surface area (TPSA) is 69.4 Å². The maximum atomic E-state index is 8.43. The Balaban J connectivity index is 2.60. The zero-order chi connectivity index (χ0) is 15.0. The maximum absolute atomic E-state index is 8.43. The molecule has 2 N–H and O–H groups in total. The number of ether oxygens (including phenoxy) is 1. The summed E-state index contributed by atoms with van der Waals surface area (Å²) >= 11 is 5.09. The van der Waals surface area contributed by atoms with Crippen LogP contribution in [-0.4, -0.2) is 23.5 Å². The Hall–Kier alpha value is -2.13. The maximum Gasteiger partial charge on any atom is 0.187 e. The number of hydrazone groups is 1. The first-order chi connectivity index (χ1) is 9.52. The lowest BCUT2D eigenvalue weighted by Crippen LogP contribution is -2.37. The van der Waals surface area contributed by atoms with Crippen LogP contribution in [0.25, 0.3) is 0 Å². The quantitative estimate of drug-likeness (QED) is 0.494. The minimum absolute atomic E-state index is 0.0448. The molecule has 0 unspecified atom stereocenters. The van der Waals surface area contributed by atoms with Gasteiger partial charge in [-0.15, -0.1) is 0 Å². The molecule has 1 rings (SSSR count). The van der Waals surface area contributed by atoms with Crippen molar-refractivity contribution in [2.24, 2.45) is 5.10 Å². The van der Waals surface area contributed by atoms with E-state index in [4.69, 9.17) is 22.2 Å². The third-order valence-electron chi connectivity index (χ3n) is 2.32. The molecular formula is C14H18N4OS. The molecule has 1 aromatic carbocycles. The molecule has 0 amide bonds. The Morgan fingerprint density at radius 1 is 1.40 bits per heavy atom. The average Bonchev–Trinajstić information content (AvgIpc) is 2.42. The Morgan fingerprint density at radius 2 is 2.05 bits per heavy atom. The first-order valence-electron chi connectivity index (χ1n) is 6.24. The fourth-order valence-corrected chi connectivity index (χ4v) is 1.68.